The molecule has 1 aromatic carbocycles. The number of carbonyl (C=O) groups excluding carboxylic acids is 1. The standard InChI is InChI=1S/C16H24N2O2.ClH/c1-11-6-4-7-14(10-11)20-13(3)16(19)18-15-8-5-9-17-12(15)2;/h4,6-7,10,12-13,15,17H,5,8-9H2,1-3H3,(H,18,19);1H. The maximum Gasteiger partial charge on any atom is 0.261 e. The summed E-state index contributed by atoms with van der Waals surface area (Å²) >= 11 is 0. The van der Waals surface area contributed by atoms with Gasteiger partial charge in [0.1, 0.15) is 5.75 Å². The summed E-state index contributed by atoms with van der Waals surface area (Å²) in [6, 6.07) is 8.27. The van der Waals surface area contributed by atoms with Crippen LogP contribution >= 0.6 is 12.4 Å². The smallest absolute Gasteiger partial charge is 0.261 e. The van der Waals surface area contributed by atoms with E-state index in [0.717, 1.165) is 30.7 Å². The van der Waals surface area contributed by atoms with E-state index >= 15 is 0 Å². The van der Waals surface area contributed by atoms with Crippen LogP contribution in [-0.2, 0) is 4.79 Å². The normalized spacial score (nSPS) is 22.8. The summed E-state index contributed by atoms with van der Waals surface area (Å²) in [6.07, 6.45) is 1.64. The number of aryl methyl sites for hydroxylation is 1. The second kappa shape index (κ2) is 8.25. The largest absolute Gasteiger partial charge is 0.481 e. The van der Waals surface area contributed by atoms with E-state index in [1.807, 2.05) is 31.2 Å². The highest BCUT2D eigenvalue weighted by Crippen LogP contribution is 2.15. The summed E-state index contributed by atoms with van der Waals surface area (Å²) in [5.74, 6) is 0.689. The first kappa shape index (κ1) is 17.8. The lowest BCUT2D eigenvalue weighted by Gasteiger charge is -2.31. The Hall–Kier alpha value is -1.26. The van der Waals surface area contributed by atoms with Crippen LogP contribution in [0.3, 0.4) is 0 Å². The molecule has 118 valence electrons. The van der Waals surface area contributed by atoms with Crippen molar-refractivity contribution in [2.75, 3.05) is 6.54 Å². The second-order valence-corrected chi connectivity index (χ2v) is 5.58. The molecule has 1 aliphatic heterocycles. The van der Waals surface area contributed by atoms with Crippen molar-refractivity contribution in [3.8, 4) is 5.75 Å². The van der Waals surface area contributed by atoms with Gasteiger partial charge in [0.2, 0.25) is 0 Å². The van der Waals surface area contributed by atoms with Gasteiger partial charge < -0.3 is 15.4 Å². The van der Waals surface area contributed by atoms with E-state index in [9.17, 15) is 4.79 Å². The van der Waals surface area contributed by atoms with Crippen molar-refractivity contribution in [3.63, 3.8) is 0 Å². The van der Waals surface area contributed by atoms with Crippen molar-refractivity contribution in [1.82, 2.24) is 10.6 Å². The molecule has 1 aliphatic rings. The monoisotopic (exact) mass is 312 g/mol. The van der Waals surface area contributed by atoms with E-state index in [1.54, 1.807) is 6.92 Å². The third-order valence-corrected chi connectivity index (χ3v) is 3.76. The van der Waals surface area contributed by atoms with Crippen LogP contribution in [-0.4, -0.2) is 30.6 Å². The van der Waals surface area contributed by atoms with E-state index in [2.05, 4.69) is 17.6 Å². The van der Waals surface area contributed by atoms with Gasteiger partial charge in [-0.25, -0.2) is 0 Å². The van der Waals surface area contributed by atoms with Gasteiger partial charge in [0.15, 0.2) is 6.10 Å². The molecule has 4 nitrogen and oxygen atoms in total. The molecule has 1 fully saturated rings. The molecular formula is C16H25ClN2O2. The average Bonchev–Trinajstić information content (AvgIpc) is 2.41. The van der Waals surface area contributed by atoms with Crippen molar-refractivity contribution in [2.24, 2.45) is 0 Å². The molecule has 2 rings (SSSR count). The van der Waals surface area contributed by atoms with Gasteiger partial charge in [0.05, 0.1) is 0 Å². The second-order valence-electron chi connectivity index (χ2n) is 5.58. The quantitative estimate of drug-likeness (QED) is 0.898. The van der Waals surface area contributed by atoms with Crippen LogP contribution in [0.4, 0.5) is 0 Å². The highest BCUT2D eigenvalue weighted by atomic mass is 35.5. The first-order valence-corrected chi connectivity index (χ1v) is 7.33. The molecule has 0 spiro atoms. The Morgan fingerprint density at radius 3 is 2.90 bits per heavy atom. The van der Waals surface area contributed by atoms with Crippen LogP contribution in [0.1, 0.15) is 32.3 Å². The minimum absolute atomic E-state index is 0. The first-order valence-electron chi connectivity index (χ1n) is 7.33. The van der Waals surface area contributed by atoms with Gasteiger partial charge in [-0.1, -0.05) is 12.1 Å². The first-order chi connectivity index (χ1) is 9.56. The van der Waals surface area contributed by atoms with E-state index in [-0.39, 0.29) is 24.4 Å². The number of hydrogen-bond donors (Lipinski definition) is 2. The van der Waals surface area contributed by atoms with Gasteiger partial charge in [0.25, 0.3) is 5.91 Å². The summed E-state index contributed by atoms with van der Waals surface area (Å²) in [7, 11) is 0. The number of ether oxygens (including phenoxy) is 1. The number of piperidine rings is 1. The zero-order chi connectivity index (χ0) is 14.5. The van der Waals surface area contributed by atoms with Crippen molar-refractivity contribution < 1.29 is 9.53 Å². The summed E-state index contributed by atoms with van der Waals surface area (Å²) in [5, 5.41) is 6.45. The van der Waals surface area contributed by atoms with Gasteiger partial charge in [-0.15, -0.1) is 12.4 Å². The number of carbonyl (C=O) groups is 1. The fourth-order valence-electron chi connectivity index (χ4n) is 2.49. The summed E-state index contributed by atoms with van der Waals surface area (Å²) in [4.78, 5) is 12.2. The average molecular weight is 313 g/mol. The molecule has 1 aromatic rings. The Labute approximate surface area is 133 Å². The molecular weight excluding hydrogens is 288 g/mol. The molecule has 1 heterocycles. The van der Waals surface area contributed by atoms with Crippen LogP contribution in [0, 0.1) is 6.92 Å². The minimum atomic E-state index is -0.481. The molecule has 2 N–H and O–H groups in total. The number of amides is 1. The van der Waals surface area contributed by atoms with E-state index < -0.39 is 6.10 Å². The number of halogens is 1. The van der Waals surface area contributed by atoms with E-state index in [4.69, 9.17) is 4.74 Å². The van der Waals surface area contributed by atoms with Crippen molar-refractivity contribution in [3.05, 3.63) is 29.8 Å². The van der Waals surface area contributed by atoms with Crippen LogP contribution in [0.15, 0.2) is 24.3 Å². The summed E-state index contributed by atoms with van der Waals surface area (Å²) < 4.78 is 5.70. The Kier molecular flexibility index (Phi) is 6.99. The Morgan fingerprint density at radius 2 is 2.24 bits per heavy atom. The van der Waals surface area contributed by atoms with Gasteiger partial charge in [-0.3, -0.25) is 4.79 Å². The molecule has 1 amide bonds. The zero-order valence-corrected chi connectivity index (χ0v) is 13.7. The third-order valence-electron chi connectivity index (χ3n) is 3.76. The maximum absolute atomic E-state index is 12.2. The van der Waals surface area contributed by atoms with Gasteiger partial charge in [0, 0.05) is 12.1 Å². The molecule has 5 heteroatoms. The van der Waals surface area contributed by atoms with E-state index in [0.29, 0.717) is 6.04 Å². The molecule has 3 unspecified atom stereocenters. The number of nitrogens with one attached hydrogen (secondary N) is 2. The molecule has 1 saturated heterocycles. The van der Waals surface area contributed by atoms with Crippen molar-refractivity contribution >= 4 is 18.3 Å². The lowest BCUT2D eigenvalue weighted by Crippen LogP contribution is -2.54. The molecule has 0 aliphatic carbocycles. The molecule has 3 atom stereocenters. The summed E-state index contributed by atoms with van der Waals surface area (Å²) in [5.41, 5.74) is 1.13. The topological polar surface area (TPSA) is 50.4 Å². The number of hydrogen-bond acceptors (Lipinski definition) is 3. The highest BCUT2D eigenvalue weighted by Gasteiger charge is 2.25. The molecule has 0 bridgehead atoms. The molecule has 0 aromatic heterocycles. The Bertz CT molecular complexity index is 467. The van der Waals surface area contributed by atoms with Gasteiger partial charge in [-0.05, 0) is 57.9 Å². The number of rotatable bonds is 4. The lowest BCUT2D eigenvalue weighted by atomic mass is 10.00. The van der Waals surface area contributed by atoms with Crippen LogP contribution < -0.4 is 15.4 Å². The van der Waals surface area contributed by atoms with E-state index in [1.165, 1.54) is 0 Å². The number of benzene rings is 1. The SMILES string of the molecule is Cc1cccc(OC(C)C(=O)NC2CCCNC2C)c1.Cl. The van der Waals surface area contributed by atoms with Crippen molar-refractivity contribution in [2.45, 2.75) is 51.8 Å². The van der Waals surface area contributed by atoms with Crippen LogP contribution in [0.25, 0.3) is 0 Å². The van der Waals surface area contributed by atoms with Crippen LogP contribution in [0.5, 0.6) is 5.75 Å². The Balaban J connectivity index is 0.00000220. The zero-order valence-electron chi connectivity index (χ0n) is 12.9. The van der Waals surface area contributed by atoms with Gasteiger partial charge >= 0.3 is 0 Å². The lowest BCUT2D eigenvalue weighted by molar-refractivity contribution is -0.128. The predicted molar refractivity (Wildman–Crippen MR) is 87.1 cm³/mol. The van der Waals surface area contributed by atoms with Gasteiger partial charge in [-0.2, -0.15) is 0 Å². The fraction of sp³-hybridized carbons (Fsp3) is 0.562. The molecule has 0 radical (unpaired) electrons. The fourth-order valence-corrected chi connectivity index (χ4v) is 2.49. The highest BCUT2D eigenvalue weighted by molar-refractivity contribution is 5.85. The molecule has 21 heavy (non-hydrogen) atoms. The Morgan fingerprint density at radius 1 is 1.48 bits per heavy atom. The predicted octanol–water partition coefficient (Wildman–Crippen LogP) is 2.44. The third kappa shape index (κ3) is 5.21. The van der Waals surface area contributed by atoms with Crippen molar-refractivity contribution in [1.29, 1.82) is 0 Å². The molecule has 0 saturated carbocycles. The van der Waals surface area contributed by atoms with Crippen LogP contribution in [0.2, 0.25) is 0 Å². The minimum Gasteiger partial charge on any atom is -0.481 e. The maximum atomic E-state index is 12.2. The summed E-state index contributed by atoms with van der Waals surface area (Å²) in [6.45, 7) is 6.94.